The zero-order valence-corrected chi connectivity index (χ0v) is 10.8. The van der Waals surface area contributed by atoms with Crippen LogP contribution in [0.2, 0.25) is 0 Å². The minimum atomic E-state index is 0.330. The molecule has 2 atom stereocenters. The fraction of sp³-hybridized carbons (Fsp3) is 0.571. The zero-order valence-electron chi connectivity index (χ0n) is 10.8. The molecule has 3 heteroatoms. The average Bonchev–Trinajstić information content (AvgIpc) is 2.34. The van der Waals surface area contributed by atoms with Crippen molar-refractivity contribution in [1.82, 2.24) is 4.90 Å². The minimum Gasteiger partial charge on any atom is -0.497 e. The van der Waals surface area contributed by atoms with Crippen LogP contribution in [-0.2, 0) is 11.3 Å². The summed E-state index contributed by atoms with van der Waals surface area (Å²) in [4.78, 5) is 2.46. The van der Waals surface area contributed by atoms with Gasteiger partial charge in [0.1, 0.15) is 5.75 Å². The van der Waals surface area contributed by atoms with Gasteiger partial charge in [-0.2, -0.15) is 0 Å². The summed E-state index contributed by atoms with van der Waals surface area (Å²) < 4.78 is 10.9. The first-order chi connectivity index (χ1) is 8.19. The molecule has 0 bridgehead atoms. The summed E-state index contributed by atoms with van der Waals surface area (Å²) in [6.45, 7) is 7.13. The molecule has 1 aromatic rings. The fourth-order valence-corrected chi connectivity index (χ4v) is 2.20. The monoisotopic (exact) mass is 235 g/mol. The van der Waals surface area contributed by atoms with Crippen LogP contribution >= 0.6 is 0 Å². The van der Waals surface area contributed by atoms with E-state index in [4.69, 9.17) is 9.47 Å². The van der Waals surface area contributed by atoms with Crippen LogP contribution in [-0.4, -0.2) is 37.3 Å². The Morgan fingerprint density at radius 3 is 3.00 bits per heavy atom. The van der Waals surface area contributed by atoms with Gasteiger partial charge >= 0.3 is 0 Å². The Morgan fingerprint density at radius 2 is 2.24 bits per heavy atom. The maximum atomic E-state index is 5.64. The van der Waals surface area contributed by atoms with Gasteiger partial charge in [0.05, 0.1) is 19.8 Å². The van der Waals surface area contributed by atoms with Crippen LogP contribution in [0.4, 0.5) is 0 Å². The predicted molar refractivity (Wildman–Crippen MR) is 68.3 cm³/mol. The van der Waals surface area contributed by atoms with E-state index >= 15 is 0 Å². The van der Waals surface area contributed by atoms with Crippen LogP contribution in [0.3, 0.4) is 0 Å². The molecule has 0 amide bonds. The lowest BCUT2D eigenvalue weighted by atomic mass is 10.1. The van der Waals surface area contributed by atoms with Crippen molar-refractivity contribution in [3.05, 3.63) is 29.8 Å². The molecule has 0 unspecified atom stereocenters. The second kappa shape index (κ2) is 5.52. The van der Waals surface area contributed by atoms with E-state index in [1.165, 1.54) is 5.56 Å². The molecule has 0 aromatic heterocycles. The van der Waals surface area contributed by atoms with Crippen molar-refractivity contribution in [2.45, 2.75) is 32.5 Å². The first-order valence-electron chi connectivity index (χ1n) is 6.17. The Balaban J connectivity index is 2.03. The summed E-state index contributed by atoms with van der Waals surface area (Å²) in [5, 5.41) is 0. The zero-order chi connectivity index (χ0) is 12.3. The highest BCUT2D eigenvalue weighted by Crippen LogP contribution is 2.18. The van der Waals surface area contributed by atoms with Gasteiger partial charge < -0.3 is 9.47 Å². The lowest BCUT2D eigenvalue weighted by molar-refractivity contribution is -0.0526. The molecule has 94 valence electrons. The number of methoxy groups -OCH3 is 1. The molecule has 1 aromatic carbocycles. The Labute approximate surface area is 103 Å². The van der Waals surface area contributed by atoms with Crippen LogP contribution in [0, 0.1) is 0 Å². The minimum absolute atomic E-state index is 0.330. The Morgan fingerprint density at radius 1 is 1.41 bits per heavy atom. The van der Waals surface area contributed by atoms with Gasteiger partial charge in [-0.3, -0.25) is 4.90 Å². The van der Waals surface area contributed by atoms with E-state index in [0.29, 0.717) is 12.1 Å². The average molecular weight is 235 g/mol. The molecule has 3 nitrogen and oxygen atoms in total. The summed E-state index contributed by atoms with van der Waals surface area (Å²) in [5.74, 6) is 0.927. The van der Waals surface area contributed by atoms with E-state index in [1.807, 2.05) is 12.1 Å². The fourth-order valence-electron chi connectivity index (χ4n) is 2.20. The van der Waals surface area contributed by atoms with Gasteiger partial charge in [-0.1, -0.05) is 12.1 Å². The van der Waals surface area contributed by atoms with Gasteiger partial charge in [0.2, 0.25) is 0 Å². The second-order valence-corrected chi connectivity index (χ2v) is 4.77. The van der Waals surface area contributed by atoms with Crippen molar-refractivity contribution < 1.29 is 9.47 Å². The summed E-state index contributed by atoms with van der Waals surface area (Å²) in [6.07, 6.45) is 0.330. The normalized spacial score (nSPS) is 25.8. The largest absolute Gasteiger partial charge is 0.497 e. The van der Waals surface area contributed by atoms with Gasteiger partial charge in [0, 0.05) is 19.1 Å². The molecule has 0 N–H and O–H groups in total. The van der Waals surface area contributed by atoms with E-state index < -0.39 is 0 Å². The van der Waals surface area contributed by atoms with E-state index in [0.717, 1.165) is 25.4 Å². The van der Waals surface area contributed by atoms with Crippen molar-refractivity contribution in [2.75, 3.05) is 20.3 Å². The van der Waals surface area contributed by atoms with Gasteiger partial charge in [0.25, 0.3) is 0 Å². The third-order valence-corrected chi connectivity index (χ3v) is 3.26. The molecule has 0 radical (unpaired) electrons. The first kappa shape index (κ1) is 12.4. The molecule has 1 saturated heterocycles. The summed E-state index contributed by atoms with van der Waals surface area (Å²) in [7, 11) is 1.71. The molecule has 0 spiro atoms. The number of benzene rings is 1. The number of rotatable bonds is 3. The molecule has 2 rings (SSSR count). The lowest BCUT2D eigenvalue weighted by Gasteiger charge is -2.36. The van der Waals surface area contributed by atoms with Crippen LogP contribution in [0.5, 0.6) is 5.75 Å². The van der Waals surface area contributed by atoms with Crippen molar-refractivity contribution >= 4 is 0 Å². The van der Waals surface area contributed by atoms with Crippen molar-refractivity contribution in [1.29, 1.82) is 0 Å². The van der Waals surface area contributed by atoms with E-state index in [2.05, 4.69) is 30.9 Å². The number of hydrogen-bond acceptors (Lipinski definition) is 3. The summed E-state index contributed by atoms with van der Waals surface area (Å²) >= 11 is 0. The standard InChI is InChI=1S/C14H21NO2/c1-11-10-17-12(2)8-15(11)9-13-5-4-6-14(7-13)16-3/h4-7,11-12H,8-10H2,1-3H3/t11-,12-/m1/s1. The lowest BCUT2D eigenvalue weighted by Crippen LogP contribution is -2.46. The van der Waals surface area contributed by atoms with Crippen LogP contribution in [0.15, 0.2) is 24.3 Å². The second-order valence-electron chi connectivity index (χ2n) is 4.77. The van der Waals surface area contributed by atoms with Crippen LogP contribution in [0.25, 0.3) is 0 Å². The number of hydrogen-bond donors (Lipinski definition) is 0. The smallest absolute Gasteiger partial charge is 0.119 e. The molecule has 1 heterocycles. The van der Waals surface area contributed by atoms with Crippen molar-refractivity contribution in [3.8, 4) is 5.75 Å². The number of morpholine rings is 1. The maximum absolute atomic E-state index is 5.64. The number of nitrogens with zero attached hydrogens (tertiary/aromatic N) is 1. The molecular weight excluding hydrogens is 214 g/mol. The molecule has 1 aliphatic heterocycles. The Hall–Kier alpha value is -1.06. The Kier molecular flexibility index (Phi) is 4.02. The van der Waals surface area contributed by atoms with E-state index in [1.54, 1.807) is 7.11 Å². The molecule has 1 fully saturated rings. The van der Waals surface area contributed by atoms with Gasteiger partial charge in [-0.05, 0) is 31.5 Å². The molecule has 0 saturated carbocycles. The summed E-state index contributed by atoms with van der Waals surface area (Å²) in [6, 6.07) is 8.76. The van der Waals surface area contributed by atoms with Crippen molar-refractivity contribution in [3.63, 3.8) is 0 Å². The summed E-state index contributed by atoms with van der Waals surface area (Å²) in [5.41, 5.74) is 1.30. The molecule has 17 heavy (non-hydrogen) atoms. The quantitative estimate of drug-likeness (QED) is 0.802. The maximum Gasteiger partial charge on any atom is 0.119 e. The predicted octanol–water partition coefficient (Wildman–Crippen LogP) is 2.30. The molecular formula is C14H21NO2. The third-order valence-electron chi connectivity index (χ3n) is 3.26. The van der Waals surface area contributed by atoms with E-state index in [-0.39, 0.29) is 0 Å². The molecule has 0 aliphatic carbocycles. The van der Waals surface area contributed by atoms with Gasteiger partial charge in [-0.15, -0.1) is 0 Å². The topological polar surface area (TPSA) is 21.7 Å². The van der Waals surface area contributed by atoms with Crippen molar-refractivity contribution in [2.24, 2.45) is 0 Å². The first-order valence-corrected chi connectivity index (χ1v) is 6.17. The highest BCUT2D eigenvalue weighted by atomic mass is 16.5. The van der Waals surface area contributed by atoms with Gasteiger partial charge in [-0.25, -0.2) is 0 Å². The van der Waals surface area contributed by atoms with Crippen LogP contribution in [0.1, 0.15) is 19.4 Å². The SMILES string of the molecule is COc1cccc(CN2C[C@@H](C)OC[C@H]2C)c1. The van der Waals surface area contributed by atoms with Gasteiger partial charge in [0.15, 0.2) is 0 Å². The Bertz CT molecular complexity index is 367. The number of ether oxygens (including phenoxy) is 2. The third kappa shape index (κ3) is 3.20. The van der Waals surface area contributed by atoms with E-state index in [9.17, 15) is 0 Å². The van der Waals surface area contributed by atoms with Crippen LogP contribution < -0.4 is 4.74 Å². The molecule has 1 aliphatic rings. The highest BCUT2D eigenvalue weighted by Gasteiger charge is 2.23. The highest BCUT2D eigenvalue weighted by molar-refractivity contribution is 5.28.